The molecule has 0 bridgehead atoms. The zero-order chi connectivity index (χ0) is 17.4. The van der Waals surface area contributed by atoms with Gasteiger partial charge in [-0.2, -0.15) is 0 Å². The van der Waals surface area contributed by atoms with Gasteiger partial charge in [0.05, 0.1) is 16.7 Å². The second-order valence-electron chi connectivity index (χ2n) is 5.12. The third-order valence-electron chi connectivity index (χ3n) is 3.07. The monoisotopic (exact) mass is 355 g/mol. The minimum atomic E-state index is -0.250. The maximum Gasteiger partial charge on any atom is 0.290 e. The first-order chi connectivity index (χ1) is 10.9. The smallest absolute Gasteiger partial charge is 0.290 e. The molecule has 0 saturated heterocycles. The molecule has 0 aliphatic rings. The Morgan fingerprint density at radius 1 is 1.09 bits per heavy atom. The molecule has 23 heavy (non-hydrogen) atoms. The molecule has 0 aromatic heterocycles. The molecular formula is C17H19Cl2NO3. The van der Waals surface area contributed by atoms with E-state index in [-0.39, 0.29) is 13.1 Å². The summed E-state index contributed by atoms with van der Waals surface area (Å²) in [5.74, 6) is 0. The number of nitrogens with zero attached hydrogens (tertiary/aromatic N) is 1. The maximum absolute atomic E-state index is 9.59. The molecule has 0 heterocycles. The van der Waals surface area contributed by atoms with Gasteiger partial charge in [-0.3, -0.25) is 4.79 Å². The van der Waals surface area contributed by atoms with Crippen LogP contribution in [0, 0.1) is 0 Å². The number of aliphatic hydroxyl groups is 1. The first kappa shape index (κ1) is 19.5. The van der Waals surface area contributed by atoms with Crippen LogP contribution < -0.4 is 0 Å². The van der Waals surface area contributed by atoms with Gasteiger partial charge in [0, 0.05) is 6.54 Å². The molecule has 0 aliphatic heterocycles. The molecule has 0 aliphatic carbocycles. The molecule has 2 aromatic carbocycles. The lowest BCUT2D eigenvalue weighted by molar-refractivity contribution is -0.122. The third kappa shape index (κ3) is 5.84. The van der Waals surface area contributed by atoms with Gasteiger partial charge in [0.15, 0.2) is 0 Å². The first-order valence-corrected chi connectivity index (χ1v) is 7.59. The van der Waals surface area contributed by atoms with Crippen LogP contribution in [0.25, 0.3) is 11.1 Å². The lowest BCUT2D eigenvalue weighted by Gasteiger charge is -2.14. The number of carboxylic acid groups (broad SMARTS) is 1. The Labute approximate surface area is 145 Å². The summed E-state index contributed by atoms with van der Waals surface area (Å²) >= 11 is 12.0. The fourth-order valence-electron chi connectivity index (χ4n) is 2.19. The summed E-state index contributed by atoms with van der Waals surface area (Å²) in [4.78, 5) is 10.5. The fourth-order valence-corrected chi connectivity index (χ4v) is 2.48. The Morgan fingerprint density at radius 2 is 1.74 bits per heavy atom. The predicted octanol–water partition coefficient (Wildman–Crippen LogP) is 3.92. The summed E-state index contributed by atoms with van der Waals surface area (Å²) < 4.78 is 0. The van der Waals surface area contributed by atoms with Crippen molar-refractivity contribution in [3.05, 3.63) is 57.6 Å². The molecule has 0 amide bonds. The van der Waals surface area contributed by atoms with Crippen LogP contribution in [0.2, 0.25) is 10.0 Å². The van der Waals surface area contributed by atoms with Crippen molar-refractivity contribution in [1.29, 1.82) is 0 Å². The maximum atomic E-state index is 9.59. The fraction of sp³-hybridized carbons (Fsp3) is 0.235. The summed E-state index contributed by atoms with van der Waals surface area (Å²) in [6.45, 7) is 0.589. The lowest BCUT2D eigenvalue weighted by atomic mass is 9.98. The third-order valence-corrected chi connectivity index (χ3v) is 3.81. The van der Waals surface area contributed by atoms with E-state index in [1.165, 1.54) is 5.56 Å². The average Bonchev–Trinajstić information content (AvgIpc) is 2.50. The summed E-state index contributed by atoms with van der Waals surface area (Å²) in [5.41, 5.74) is 4.00. The van der Waals surface area contributed by atoms with Crippen LogP contribution >= 0.6 is 23.2 Å². The molecular weight excluding hydrogens is 337 g/mol. The summed E-state index contributed by atoms with van der Waals surface area (Å²) in [6, 6.07) is 11.6. The SMILES string of the molecule is CN(C)Cc1ccc(-c2ccc(Cl)c(Cl)c2)c(CO)c1.O=CO. The highest BCUT2D eigenvalue weighted by atomic mass is 35.5. The number of aliphatic hydroxyl groups excluding tert-OH is 1. The van der Waals surface area contributed by atoms with Gasteiger partial charge in [-0.15, -0.1) is 0 Å². The van der Waals surface area contributed by atoms with Crippen molar-refractivity contribution in [3.63, 3.8) is 0 Å². The Kier molecular flexibility index (Phi) is 8.06. The van der Waals surface area contributed by atoms with Crippen LogP contribution in [-0.4, -0.2) is 35.7 Å². The average molecular weight is 356 g/mol. The van der Waals surface area contributed by atoms with Crippen LogP contribution in [0.1, 0.15) is 11.1 Å². The molecule has 4 nitrogen and oxygen atoms in total. The predicted molar refractivity (Wildman–Crippen MR) is 93.9 cm³/mol. The lowest BCUT2D eigenvalue weighted by Crippen LogP contribution is -2.10. The van der Waals surface area contributed by atoms with Crippen molar-refractivity contribution in [1.82, 2.24) is 4.90 Å². The first-order valence-electron chi connectivity index (χ1n) is 6.83. The Morgan fingerprint density at radius 3 is 2.26 bits per heavy atom. The number of benzene rings is 2. The van der Waals surface area contributed by atoms with Crippen LogP contribution in [0.4, 0.5) is 0 Å². The van der Waals surface area contributed by atoms with Gasteiger partial charge in [-0.05, 0) is 48.5 Å². The Balaban J connectivity index is 0.000000816. The zero-order valence-corrected chi connectivity index (χ0v) is 14.5. The normalized spacial score (nSPS) is 10.2. The quantitative estimate of drug-likeness (QED) is 0.816. The molecule has 0 unspecified atom stereocenters. The largest absolute Gasteiger partial charge is 0.483 e. The van der Waals surface area contributed by atoms with Gasteiger partial charge in [0.2, 0.25) is 0 Å². The van der Waals surface area contributed by atoms with Gasteiger partial charge >= 0.3 is 0 Å². The van der Waals surface area contributed by atoms with E-state index < -0.39 is 0 Å². The minimum Gasteiger partial charge on any atom is -0.483 e. The number of rotatable bonds is 4. The molecule has 124 valence electrons. The van der Waals surface area contributed by atoms with Gasteiger partial charge in [-0.25, -0.2) is 0 Å². The van der Waals surface area contributed by atoms with E-state index in [0.717, 1.165) is 23.2 Å². The minimum absolute atomic E-state index is 0.00313. The van der Waals surface area contributed by atoms with E-state index in [1.54, 1.807) is 6.07 Å². The molecule has 0 saturated carbocycles. The summed E-state index contributed by atoms with van der Waals surface area (Å²) in [6.07, 6.45) is 0. The summed E-state index contributed by atoms with van der Waals surface area (Å²) in [7, 11) is 4.04. The molecule has 0 radical (unpaired) electrons. The van der Waals surface area contributed by atoms with Crippen LogP contribution in [0.15, 0.2) is 36.4 Å². The van der Waals surface area contributed by atoms with E-state index in [2.05, 4.69) is 11.0 Å². The van der Waals surface area contributed by atoms with Gasteiger partial charge in [0.25, 0.3) is 6.47 Å². The van der Waals surface area contributed by atoms with E-state index in [4.69, 9.17) is 33.1 Å². The number of hydrogen-bond donors (Lipinski definition) is 2. The van der Waals surface area contributed by atoms with Gasteiger partial charge in [0.1, 0.15) is 0 Å². The van der Waals surface area contributed by atoms with E-state index >= 15 is 0 Å². The second kappa shape index (κ2) is 9.53. The summed E-state index contributed by atoms with van der Waals surface area (Å²) in [5, 5.41) is 17.5. The standard InChI is InChI=1S/C16H17Cl2NO.CH2O2/c1-19(2)9-11-3-5-14(13(7-11)10-20)12-4-6-15(17)16(18)8-12;2-1-3/h3-8,20H,9-10H2,1-2H3;1H,(H,2,3). The van der Waals surface area contributed by atoms with E-state index in [9.17, 15) is 5.11 Å². The highest BCUT2D eigenvalue weighted by molar-refractivity contribution is 6.42. The highest BCUT2D eigenvalue weighted by Crippen LogP contribution is 2.31. The molecule has 2 N–H and O–H groups in total. The Hall–Kier alpha value is -1.59. The van der Waals surface area contributed by atoms with Crippen molar-refractivity contribution in [2.24, 2.45) is 0 Å². The Bertz CT molecular complexity index is 660. The molecule has 0 spiro atoms. The number of carbonyl (C=O) groups is 1. The number of halogens is 2. The highest BCUT2D eigenvalue weighted by Gasteiger charge is 2.08. The van der Waals surface area contributed by atoms with Gasteiger partial charge < -0.3 is 15.1 Å². The molecule has 0 atom stereocenters. The van der Waals surface area contributed by atoms with Crippen LogP contribution in [0.5, 0.6) is 0 Å². The van der Waals surface area contributed by atoms with Crippen molar-refractivity contribution in [2.45, 2.75) is 13.2 Å². The topological polar surface area (TPSA) is 60.8 Å². The molecule has 2 aromatic rings. The van der Waals surface area contributed by atoms with Crippen molar-refractivity contribution in [2.75, 3.05) is 14.1 Å². The second-order valence-corrected chi connectivity index (χ2v) is 5.94. The molecule has 2 rings (SSSR count). The van der Waals surface area contributed by atoms with Crippen molar-refractivity contribution >= 4 is 29.7 Å². The van der Waals surface area contributed by atoms with Gasteiger partial charge in [-0.1, -0.05) is 47.5 Å². The van der Waals surface area contributed by atoms with Crippen molar-refractivity contribution < 1.29 is 15.0 Å². The van der Waals surface area contributed by atoms with E-state index in [0.29, 0.717) is 10.0 Å². The molecule has 0 fully saturated rings. The van der Waals surface area contributed by atoms with Crippen LogP contribution in [0.3, 0.4) is 0 Å². The number of hydrogen-bond acceptors (Lipinski definition) is 3. The molecule has 6 heteroatoms. The van der Waals surface area contributed by atoms with Crippen LogP contribution in [-0.2, 0) is 17.9 Å². The van der Waals surface area contributed by atoms with E-state index in [1.807, 2.05) is 38.4 Å². The van der Waals surface area contributed by atoms with Crippen molar-refractivity contribution in [3.8, 4) is 11.1 Å². The zero-order valence-electron chi connectivity index (χ0n) is 13.0.